The predicted molar refractivity (Wildman–Crippen MR) is 48.3 cm³/mol. The minimum atomic E-state index is -0.643. The van der Waals surface area contributed by atoms with Gasteiger partial charge in [0.2, 0.25) is 0 Å². The molecule has 0 amide bonds. The molecule has 70 valence electrons. The van der Waals surface area contributed by atoms with Crippen molar-refractivity contribution in [1.82, 2.24) is 0 Å². The molecule has 3 nitrogen and oxygen atoms in total. The average molecular weight is 172 g/mol. The van der Waals surface area contributed by atoms with Crippen molar-refractivity contribution in [1.29, 1.82) is 0 Å². The van der Waals surface area contributed by atoms with Crippen molar-refractivity contribution >= 4 is 7.85 Å². The Kier molecular flexibility index (Phi) is 6.43. The van der Waals surface area contributed by atoms with Crippen LogP contribution in [-0.4, -0.2) is 44.9 Å². The summed E-state index contributed by atoms with van der Waals surface area (Å²) in [6, 6.07) is -0.620. The van der Waals surface area contributed by atoms with E-state index in [9.17, 15) is 0 Å². The Morgan fingerprint density at radius 2 is 2.08 bits per heavy atom. The number of rotatable bonds is 6. The number of ether oxygens (including phenoxy) is 2. The summed E-state index contributed by atoms with van der Waals surface area (Å²) in [7, 11) is 7.11. The van der Waals surface area contributed by atoms with Crippen LogP contribution in [0.2, 0.25) is 0 Å². The number of aliphatic hydroxyl groups is 1. The van der Waals surface area contributed by atoms with Crippen LogP contribution in [0.15, 0.2) is 0 Å². The summed E-state index contributed by atoms with van der Waals surface area (Å²) >= 11 is 0. The Morgan fingerprint density at radius 1 is 1.50 bits per heavy atom. The van der Waals surface area contributed by atoms with E-state index in [1.165, 1.54) is 0 Å². The van der Waals surface area contributed by atoms with E-state index in [0.717, 1.165) is 6.42 Å². The third kappa shape index (κ3) is 4.75. The molecule has 0 saturated heterocycles. The van der Waals surface area contributed by atoms with Crippen LogP contribution in [0.4, 0.5) is 0 Å². The van der Waals surface area contributed by atoms with E-state index in [0.29, 0.717) is 6.61 Å². The summed E-state index contributed by atoms with van der Waals surface area (Å²) in [5, 5.41) is 9.04. The van der Waals surface area contributed by atoms with Crippen LogP contribution in [0, 0.1) is 0 Å². The Morgan fingerprint density at radius 3 is 2.42 bits per heavy atom. The molecule has 0 bridgehead atoms. The van der Waals surface area contributed by atoms with Gasteiger partial charge in [0.05, 0.1) is 18.8 Å². The first-order valence-corrected chi connectivity index (χ1v) is 4.19. The minimum Gasteiger partial charge on any atom is -0.392 e. The first-order chi connectivity index (χ1) is 5.61. The largest absolute Gasteiger partial charge is 0.392 e. The first-order valence-electron chi connectivity index (χ1n) is 4.19. The highest BCUT2D eigenvalue weighted by Gasteiger charge is 2.14. The number of methoxy groups -OCH3 is 1. The second kappa shape index (κ2) is 6.46. The average Bonchev–Trinajstić information content (AvgIpc) is 2.03. The highest BCUT2D eigenvalue weighted by Crippen LogP contribution is 2.04. The fourth-order valence-electron chi connectivity index (χ4n) is 0.775. The van der Waals surface area contributed by atoms with Crippen molar-refractivity contribution < 1.29 is 14.6 Å². The molecule has 0 heterocycles. The van der Waals surface area contributed by atoms with Crippen molar-refractivity contribution in [2.75, 3.05) is 13.7 Å². The Labute approximate surface area is 75.5 Å². The maximum absolute atomic E-state index is 9.04. The predicted octanol–water partition coefficient (Wildman–Crippen LogP) is 0.303. The molecule has 0 aromatic carbocycles. The van der Waals surface area contributed by atoms with E-state index in [-0.39, 0.29) is 6.10 Å². The van der Waals surface area contributed by atoms with Gasteiger partial charge in [0.25, 0.3) is 0 Å². The lowest BCUT2D eigenvalue weighted by Gasteiger charge is -2.22. The lowest BCUT2D eigenvalue weighted by Crippen LogP contribution is -2.33. The molecule has 0 rings (SSSR count). The third-order valence-electron chi connectivity index (χ3n) is 1.63. The molecule has 4 heteroatoms. The summed E-state index contributed by atoms with van der Waals surface area (Å²) in [5.74, 6) is 0. The molecule has 0 spiro atoms. The minimum absolute atomic E-state index is 0.0281. The van der Waals surface area contributed by atoms with Gasteiger partial charge in [-0.15, -0.1) is 0 Å². The van der Waals surface area contributed by atoms with Gasteiger partial charge in [0.15, 0.2) is 0 Å². The third-order valence-corrected chi connectivity index (χ3v) is 1.63. The van der Waals surface area contributed by atoms with Gasteiger partial charge in [-0.1, -0.05) is 6.92 Å². The zero-order valence-electron chi connectivity index (χ0n) is 7.99. The summed E-state index contributed by atoms with van der Waals surface area (Å²) in [6.45, 7) is 4.10. The highest BCUT2D eigenvalue weighted by atomic mass is 16.5. The standard InChI is InChI=1S/C8H17BO3/c1-4-7(5-11-3)12-8(9)6(2)10/h6-8,10H,4-5H2,1-3H3/t6-,7+,8?/m1/s1. The van der Waals surface area contributed by atoms with Crippen molar-refractivity contribution in [2.24, 2.45) is 0 Å². The van der Waals surface area contributed by atoms with Crippen molar-refractivity contribution in [3.8, 4) is 0 Å². The van der Waals surface area contributed by atoms with Gasteiger partial charge in [0.1, 0.15) is 7.85 Å². The molecule has 0 saturated carbocycles. The molecule has 0 aromatic rings. The molecule has 0 aromatic heterocycles. The Hall–Kier alpha value is -0.0551. The topological polar surface area (TPSA) is 38.7 Å². The first kappa shape index (κ1) is 11.9. The molecular formula is C8H17BO3. The van der Waals surface area contributed by atoms with Gasteiger partial charge >= 0.3 is 0 Å². The normalized spacial score (nSPS) is 18.7. The second-order valence-corrected chi connectivity index (χ2v) is 2.83. The van der Waals surface area contributed by atoms with Gasteiger partial charge in [0, 0.05) is 13.1 Å². The molecule has 0 fully saturated rings. The SMILES string of the molecule is [B]C(O[C@@H](CC)COC)[C@@H](C)O. The zero-order chi connectivity index (χ0) is 9.56. The van der Waals surface area contributed by atoms with Gasteiger partial charge in [-0.3, -0.25) is 0 Å². The second-order valence-electron chi connectivity index (χ2n) is 2.83. The molecule has 1 N–H and O–H groups in total. The monoisotopic (exact) mass is 172 g/mol. The molecule has 0 aliphatic heterocycles. The summed E-state index contributed by atoms with van der Waals surface area (Å²) in [5.41, 5.74) is 0. The van der Waals surface area contributed by atoms with Gasteiger partial charge < -0.3 is 14.6 Å². The van der Waals surface area contributed by atoms with Crippen molar-refractivity contribution in [3.63, 3.8) is 0 Å². The molecule has 0 aliphatic rings. The maximum Gasteiger partial charge on any atom is 0.112 e. The summed E-state index contributed by atoms with van der Waals surface area (Å²) in [6.07, 6.45) is 0.157. The lowest BCUT2D eigenvalue weighted by molar-refractivity contribution is -0.0572. The number of hydrogen-bond donors (Lipinski definition) is 1. The number of hydrogen-bond acceptors (Lipinski definition) is 3. The van der Waals surface area contributed by atoms with Crippen molar-refractivity contribution in [2.45, 2.75) is 38.5 Å². The van der Waals surface area contributed by atoms with Crippen LogP contribution in [0.5, 0.6) is 0 Å². The zero-order valence-corrected chi connectivity index (χ0v) is 7.99. The quantitative estimate of drug-likeness (QED) is 0.585. The van der Waals surface area contributed by atoms with E-state index in [1.54, 1.807) is 14.0 Å². The van der Waals surface area contributed by atoms with Crippen LogP contribution in [-0.2, 0) is 9.47 Å². The van der Waals surface area contributed by atoms with E-state index in [1.807, 2.05) is 6.92 Å². The molecular weight excluding hydrogens is 155 g/mol. The van der Waals surface area contributed by atoms with E-state index >= 15 is 0 Å². The van der Waals surface area contributed by atoms with Crippen LogP contribution in [0.1, 0.15) is 20.3 Å². The highest BCUT2D eigenvalue weighted by molar-refractivity contribution is 6.11. The molecule has 1 unspecified atom stereocenters. The Balaban J connectivity index is 3.68. The smallest absolute Gasteiger partial charge is 0.112 e. The summed E-state index contributed by atoms with van der Waals surface area (Å²) < 4.78 is 10.2. The summed E-state index contributed by atoms with van der Waals surface area (Å²) in [4.78, 5) is 0. The molecule has 3 atom stereocenters. The molecule has 2 radical (unpaired) electrons. The van der Waals surface area contributed by atoms with Gasteiger partial charge in [-0.25, -0.2) is 0 Å². The fraction of sp³-hybridized carbons (Fsp3) is 1.00. The number of aliphatic hydroxyl groups excluding tert-OH is 1. The van der Waals surface area contributed by atoms with E-state index in [4.69, 9.17) is 22.4 Å². The van der Waals surface area contributed by atoms with E-state index < -0.39 is 12.1 Å². The van der Waals surface area contributed by atoms with Gasteiger partial charge in [-0.05, 0) is 13.3 Å². The molecule has 0 aliphatic carbocycles. The van der Waals surface area contributed by atoms with Crippen molar-refractivity contribution in [3.05, 3.63) is 0 Å². The van der Waals surface area contributed by atoms with Crippen LogP contribution in [0.25, 0.3) is 0 Å². The van der Waals surface area contributed by atoms with Crippen LogP contribution >= 0.6 is 0 Å². The lowest BCUT2D eigenvalue weighted by atomic mass is 9.95. The Bertz CT molecular complexity index is 108. The van der Waals surface area contributed by atoms with Crippen LogP contribution < -0.4 is 0 Å². The maximum atomic E-state index is 9.04. The fourth-order valence-corrected chi connectivity index (χ4v) is 0.775. The van der Waals surface area contributed by atoms with E-state index in [2.05, 4.69) is 0 Å². The molecule has 12 heavy (non-hydrogen) atoms. The van der Waals surface area contributed by atoms with Crippen LogP contribution in [0.3, 0.4) is 0 Å². The van der Waals surface area contributed by atoms with Gasteiger partial charge in [-0.2, -0.15) is 0 Å².